The van der Waals surface area contributed by atoms with Crippen molar-refractivity contribution in [1.29, 1.82) is 0 Å². The van der Waals surface area contributed by atoms with Crippen molar-refractivity contribution in [3.8, 4) is 0 Å². The third kappa shape index (κ3) is 66.8. The lowest BCUT2D eigenvalue weighted by Crippen LogP contribution is -2.45. The van der Waals surface area contributed by atoms with Crippen LogP contribution in [-0.4, -0.2) is 68.5 Å². The molecule has 0 spiro atoms. The number of carbonyl (C=O) groups is 1. The quantitative estimate of drug-likeness (QED) is 0.0272. The highest BCUT2D eigenvalue weighted by Crippen LogP contribution is 2.38. The van der Waals surface area contributed by atoms with Crippen LogP contribution in [-0.2, 0) is 18.4 Å². The third-order valence-corrected chi connectivity index (χ3v) is 16.5. The zero-order valence-corrected chi connectivity index (χ0v) is 56.0. The summed E-state index contributed by atoms with van der Waals surface area (Å²) in [6.07, 6.45) is 92.3. The van der Waals surface area contributed by atoms with E-state index >= 15 is 0 Å². The number of carbonyl (C=O) groups excluding carboxylic acids is 1. The van der Waals surface area contributed by atoms with Crippen LogP contribution in [0, 0.1) is 0 Å². The van der Waals surface area contributed by atoms with Gasteiger partial charge >= 0.3 is 0 Å². The van der Waals surface area contributed by atoms with E-state index in [1.165, 1.54) is 212 Å². The number of hydrogen-bond acceptors (Lipinski definition) is 6. The molecule has 1 amide bonds. The Hall–Kier alpha value is -2.58. The predicted molar refractivity (Wildman–Crippen MR) is 362 cm³/mol. The van der Waals surface area contributed by atoms with Gasteiger partial charge in [0.1, 0.15) is 13.2 Å². The fraction of sp³-hybridized carbons (Fsp3) is 0.770. The van der Waals surface area contributed by atoms with Gasteiger partial charge in [0.05, 0.1) is 39.9 Å². The molecule has 0 radical (unpaired) electrons. The van der Waals surface area contributed by atoms with Crippen LogP contribution in [0.5, 0.6) is 0 Å². The van der Waals surface area contributed by atoms with Crippen LogP contribution in [0.2, 0.25) is 0 Å². The average Bonchev–Trinajstić information content (AvgIpc) is 3.49. The van der Waals surface area contributed by atoms with Crippen molar-refractivity contribution < 1.29 is 32.9 Å². The number of nitrogens with one attached hydrogen (secondary N) is 1. The SMILES string of the molecule is CC/C=C\C/C=C\C/C=C\C/C=C\C/C=C\C/C=C\C/C=C\CCCCCCCCCCCCCCCC(=O)NC(COP(=O)([O-])OCC[N+](C)(C)C)C(O)/C=C/CCCCCCCCCCCCCCCCCCCCCCCCCC. The monoisotopic (exact) mass is 1180 g/mol. The molecule has 0 aliphatic heterocycles. The molecule has 9 heteroatoms. The number of phosphoric acid groups is 1. The second kappa shape index (κ2) is 63.9. The average molecular weight is 1180 g/mol. The number of aliphatic hydroxyl groups is 1. The summed E-state index contributed by atoms with van der Waals surface area (Å²) in [7, 11) is 1.26. The van der Waals surface area contributed by atoms with Crippen LogP contribution in [0.4, 0.5) is 0 Å². The maximum absolute atomic E-state index is 13.0. The largest absolute Gasteiger partial charge is 0.756 e. The van der Waals surface area contributed by atoms with E-state index in [9.17, 15) is 19.4 Å². The van der Waals surface area contributed by atoms with E-state index in [-0.39, 0.29) is 19.1 Å². The standard InChI is InChI=1S/C74H135N2O6P/c1-6-8-10-12-14-16-18-20-22-24-26-28-30-32-34-35-36-37-38-39-40-41-42-44-46-48-50-52-54-56-58-60-62-64-66-68-74(78)75-72(71-82-83(79,80)81-70-69-76(3,4)5)73(77)67-65-63-61-59-57-55-53-51-49-47-45-43-33-31-29-27-25-23-21-19-17-15-13-11-9-7-2/h8,10,14,16,20,22,26,28,32,34,36-37,39-40,65,67,72-73,77H,6-7,9,11-13,15,17-19,21,23-25,27,29-31,33,35,38,41-64,66,68-71H2,1-5H3,(H-,75,78,79,80)/b10-8-,16-14-,22-20-,28-26-,34-32-,37-36-,40-39-,67-65+. The number of amides is 1. The minimum atomic E-state index is -4.61. The molecule has 0 bridgehead atoms. The van der Waals surface area contributed by atoms with E-state index in [1.807, 2.05) is 27.2 Å². The fourth-order valence-electron chi connectivity index (χ4n) is 10.1. The number of hydrogen-bond donors (Lipinski definition) is 2. The molecule has 0 aromatic carbocycles. The van der Waals surface area contributed by atoms with Crippen LogP contribution in [0.1, 0.15) is 316 Å². The van der Waals surface area contributed by atoms with Crippen molar-refractivity contribution >= 4 is 13.7 Å². The van der Waals surface area contributed by atoms with Crippen molar-refractivity contribution in [2.75, 3.05) is 40.9 Å². The van der Waals surface area contributed by atoms with Gasteiger partial charge in [0.15, 0.2) is 0 Å². The lowest BCUT2D eigenvalue weighted by Gasteiger charge is -2.29. The van der Waals surface area contributed by atoms with Gasteiger partial charge in [-0.1, -0.05) is 329 Å². The van der Waals surface area contributed by atoms with Gasteiger partial charge < -0.3 is 28.8 Å². The van der Waals surface area contributed by atoms with E-state index < -0.39 is 20.0 Å². The van der Waals surface area contributed by atoms with Gasteiger partial charge in [0, 0.05) is 6.42 Å². The van der Waals surface area contributed by atoms with Gasteiger partial charge in [-0.3, -0.25) is 9.36 Å². The third-order valence-electron chi connectivity index (χ3n) is 15.5. The minimum absolute atomic E-state index is 0.00383. The molecule has 0 aliphatic rings. The zero-order valence-electron chi connectivity index (χ0n) is 55.1. The predicted octanol–water partition coefficient (Wildman–Crippen LogP) is 21.9. The topological polar surface area (TPSA) is 108 Å². The van der Waals surface area contributed by atoms with Gasteiger partial charge in [-0.15, -0.1) is 0 Å². The Balaban J connectivity index is 4.09. The summed E-state index contributed by atoms with van der Waals surface area (Å²) < 4.78 is 23.5. The number of unbranched alkanes of at least 4 members (excludes halogenated alkanes) is 37. The first-order chi connectivity index (χ1) is 40.5. The smallest absolute Gasteiger partial charge is 0.268 e. The van der Waals surface area contributed by atoms with Gasteiger partial charge in [0.25, 0.3) is 7.82 Å². The van der Waals surface area contributed by atoms with Crippen molar-refractivity contribution in [3.63, 3.8) is 0 Å². The Bertz CT molecular complexity index is 1670. The summed E-state index contributed by atoms with van der Waals surface area (Å²) >= 11 is 0. The molecule has 0 aromatic heterocycles. The number of quaternary nitrogens is 1. The second-order valence-corrected chi connectivity index (χ2v) is 26.3. The maximum Gasteiger partial charge on any atom is 0.268 e. The molecule has 83 heavy (non-hydrogen) atoms. The molecule has 0 aliphatic carbocycles. The first-order valence-corrected chi connectivity index (χ1v) is 36.6. The highest BCUT2D eigenvalue weighted by Gasteiger charge is 2.23. The Morgan fingerprint density at radius 3 is 1.07 bits per heavy atom. The highest BCUT2D eigenvalue weighted by atomic mass is 31.2. The van der Waals surface area contributed by atoms with Crippen molar-refractivity contribution in [3.05, 3.63) is 97.2 Å². The Labute approximate surface area is 515 Å². The molecule has 3 atom stereocenters. The molecule has 0 rings (SSSR count). The number of likely N-dealkylation sites (N-methyl/N-ethyl adjacent to an activating group) is 1. The number of rotatable bonds is 64. The lowest BCUT2D eigenvalue weighted by atomic mass is 10.0. The molecule has 3 unspecified atom stereocenters. The summed E-state index contributed by atoms with van der Waals surface area (Å²) in [6, 6.07) is -0.894. The number of aliphatic hydroxyl groups excluding tert-OH is 1. The Kier molecular flexibility index (Phi) is 61.9. The van der Waals surface area contributed by atoms with Crippen LogP contribution < -0.4 is 10.2 Å². The summed E-state index contributed by atoms with van der Waals surface area (Å²) in [5, 5.41) is 14.0. The van der Waals surface area contributed by atoms with Crippen molar-refractivity contribution in [2.24, 2.45) is 0 Å². The number of allylic oxidation sites excluding steroid dienone is 15. The molecule has 2 N–H and O–H groups in total. The molecule has 0 fully saturated rings. The molecule has 0 heterocycles. The first kappa shape index (κ1) is 80.4. The van der Waals surface area contributed by atoms with Crippen LogP contribution in [0.25, 0.3) is 0 Å². The normalized spacial score (nSPS) is 14.3. The molecule has 8 nitrogen and oxygen atoms in total. The van der Waals surface area contributed by atoms with E-state index in [0.29, 0.717) is 17.4 Å². The van der Waals surface area contributed by atoms with E-state index in [1.54, 1.807) is 6.08 Å². The fourth-order valence-corrected chi connectivity index (χ4v) is 10.9. The summed E-state index contributed by atoms with van der Waals surface area (Å²) in [4.78, 5) is 25.6. The molecule has 0 saturated heterocycles. The molecule has 0 saturated carbocycles. The number of phosphoric ester groups is 1. The maximum atomic E-state index is 13.0. The van der Waals surface area contributed by atoms with Crippen LogP contribution in [0.3, 0.4) is 0 Å². The van der Waals surface area contributed by atoms with E-state index in [4.69, 9.17) is 9.05 Å². The van der Waals surface area contributed by atoms with Gasteiger partial charge in [-0.25, -0.2) is 0 Å². The molecule has 0 aromatic rings. The zero-order chi connectivity index (χ0) is 60.5. The molecular weight excluding hydrogens is 1040 g/mol. The summed E-state index contributed by atoms with van der Waals surface area (Å²) in [6.45, 7) is 4.57. The van der Waals surface area contributed by atoms with Crippen molar-refractivity contribution in [1.82, 2.24) is 5.32 Å². The lowest BCUT2D eigenvalue weighted by molar-refractivity contribution is -0.870. The van der Waals surface area contributed by atoms with Crippen LogP contribution >= 0.6 is 7.82 Å². The Morgan fingerprint density at radius 1 is 0.434 bits per heavy atom. The van der Waals surface area contributed by atoms with Crippen molar-refractivity contribution in [2.45, 2.75) is 328 Å². The van der Waals surface area contributed by atoms with Gasteiger partial charge in [-0.2, -0.15) is 0 Å². The Morgan fingerprint density at radius 2 is 0.735 bits per heavy atom. The number of nitrogens with zero attached hydrogens (tertiary/aromatic N) is 1. The highest BCUT2D eigenvalue weighted by molar-refractivity contribution is 7.45. The van der Waals surface area contributed by atoms with Gasteiger partial charge in [0.2, 0.25) is 5.91 Å². The molecule has 482 valence electrons. The molecular formula is C74H135N2O6P. The minimum Gasteiger partial charge on any atom is -0.756 e. The second-order valence-electron chi connectivity index (χ2n) is 24.9. The van der Waals surface area contributed by atoms with Gasteiger partial charge in [-0.05, 0) is 77.0 Å². The summed E-state index contributed by atoms with van der Waals surface area (Å²) in [5.41, 5.74) is 0. The summed E-state index contributed by atoms with van der Waals surface area (Å²) in [5.74, 6) is -0.198. The van der Waals surface area contributed by atoms with E-state index in [2.05, 4.69) is 104 Å². The van der Waals surface area contributed by atoms with Crippen LogP contribution in [0.15, 0.2) is 97.2 Å². The van der Waals surface area contributed by atoms with E-state index in [0.717, 1.165) is 83.5 Å². The first-order valence-electron chi connectivity index (χ1n) is 35.1.